The molecule has 0 aromatic heterocycles. The molecular weight excluding hydrogens is 212 g/mol. The van der Waals surface area contributed by atoms with Crippen molar-refractivity contribution < 1.29 is 4.79 Å². The van der Waals surface area contributed by atoms with E-state index in [0.717, 1.165) is 24.2 Å². The van der Waals surface area contributed by atoms with Crippen molar-refractivity contribution in [1.82, 2.24) is 0 Å². The smallest absolute Gasteiger partial charge is 0.221 e. The van der Waals surface area contributed by atoms with Crippen molar-refractivity contribution >= 4 is 17.3 Å². The first-order chi connectivity index (χ1) is 7.93. The number of carbonyl (C=O) groups excluding carboxylic acids is 1. The fourth-order valence-corrected chi connectivity index (χ4v) is 1.96. The summed E-state index contributed by atoms with van der Waals surface area (Å²) in [5.74, 6) is -0.0463. The first-order valence-corrected chi connectivity index (χ1v) is 6.09. The molecule has 0 heterocycles. The Morgan fingerprint density at radius 1 is 1.29 bits per heavy atom. The molecule has 0 bridgehead atoms. The molecule has 0 radical (unpaired) electrons. The normalized spacial score (nSPS) is 11.1. The second-order valence-electron chi connectivity index (χ2n) is 5.02. The zero-order chi connectivity index (χ0) is 12.9. The lowest BCUT2D eigenvalue weighted by Crippen LogP contribution is -2.30. The van der Waals surface area contributed by atoms with E-state index in [1.54, 1.807) is 0 Å². The van der Waals surface area contributed by atoms with Gasteiger partial charge in [0.05, 0.1) is 0 Å². The van der Waals surface area contributed by atoms with Crippen molar-refractivity contribution in [3.63, 3.8) is 0 Å². The summed E-state index contributed by atoms with van der Waals surface area (Å²) in [4.78, 5) is 11.0. The third-order valence-electron chi connectivity index (χ3n) is 2.54. The van der Waals surface area contributed by atoms with Gasteiger partial charge >= 0.3 is 0 Å². The molecule has 0 saturated heterocycles. The van der Waals surface area contributed by atoms with E-state index in [1.165, 1.54) is 6.92 Å². The Hall–Kier alpha value is -1.51. The molecule has 0 aliphatic heterocycles. The van der Waals surface area contributed by atoms with Crippen LogP contribution in [0.25, 0.3) is 0 Å². The van der Waals surface area contributed by atoms with E-state index in [1.807, 2.05) is 24.3 Å². The van der Waals surface area contributed by atoms with Crippen LogP contribution in [-0.2, 0) is 4.79 Å². The molecule has 1 rings (SSSR count). The summed E-state index contributed by atoms with van der Waals surface area (Å²) in [6.07, 6.45) is 2.25. The number of hydrogen-bond donors (Lipinski definition) is 2. The van der Waals surface area contributed by atoms with Gasteiger partial charge in [0.25, 0.3) is 0 Å². The van der Waals surface area contributed by atoms with Crippen LogP contribution in [0.3, 0.4) is 0 Å². The molecule has 0 fully saturated rings. The van der Waals surface area contributed by atoms with E-state index in [4.69, 9.17) is 0 Å². The van der Waals surface area contributed by atoms with Crippen LogP contribution in [0.5, 0.6) is 0 Å². The van der Waals surface area contributed by atoms with Crippen LogP contribution in [0.15, 0.2) is 24.3 Å². The predicted molar refractivity (Wildman–Crippen MR) is 73.4 cm³/mol. The van der Waals surface area contributed by atoms with Crippen LogP contribution in [0.1, 0.15) is 40.5 Å². The standard InChI is InChI=1S/C14H22N2O/c1-5-9-14(3,4)16-13-8-6-7-12(10-13)15-11(2)17/h6-8,10,16H,5,9H2,1-4H3,(H,15,17). The van der Waals surface area contributed by atoms with E-state index < -0.39 is 0 Å². The maximum Gasteiger partial charge on any atom is 0.221 e. The van der Waals surface area contributed by atoms with E-state index >= 15 is 0 Å². The molecule has 2 N–H and O–H groups in total. The minimum Gasteiger partial charge on any atom is -0.380 e. The highest BCUT2D eigenvalue weighted by atomic mass is 16.1. The van der Waals surface area contributed by atoms with Crippen molar-refractivity contribution in [3.05, 3.63) is 24.3 Å². The Balaban J connectivity index is 2.74. The number of rotatable bonds is 5. The Bertz CT molecular complexity index is 386. The van der Waals surface area contributed by atoms with Gasteiger partial charge in [-0.2, -0.15) is 0 Å². The summed E-state index contributed by atoms with van der Waals surface area (Å²) in [5.41, 5.74) is 1.94. The summed E-state index contributed by atoms with van der Waals surface area (Å²) in [6, 6.07) is 7.80. The third kappa shape index (κ3) is 4.89. The van der Waals surface area contributed by atoms with Crippen LogP contribution in [0.4, 0.5) is 11.4 Å². The Labute approximate surface area is 104 Å². The van der Waals surface area contributed by atoms with Crippen LogP contribution in [0.2, 0.25) is 0 Å². The molecule has 0 saturated carbocycles. The topological polar surface area (TPSA) is 41.1 Å². The van der Waals surface area contributed by atoms with Crippen molar-refractivity contribution in [2.45, 2.75) is 46.1 Å². The van der Waals surface area contributed by atoms with Crippen molar-refractivity contribution in [1.29, 1.82) is 0 Å². The first kappa shape index (κ1) is 13.6. The highest BCUT2D eigenvalue weighted by Crippen LogP contribution is 2.22. The Kier molecular flexibility index (Phi) is 4.55. The fourth-order valence-electron chi connectivity index (χ4n) is 1.96. The van der Waals surface area contributed by atoms with Gasteiger partial charge in [-0.05, 0) is 38.5 Å². The second-order valence-corrected chi connectivity index (χ2v) is 5.02. The second kappa shape index (κ2) is 5.71. The maximum atomic E-state index is 11.0. The van der Waals surface area contributed by atoms with E-state index in [2.05, 4.69) is 31.4 Å². The molecule has 0 aliphatic carbocycles. The van der Waals surface area contributed by atoms with Gasteiger partial charge in [0, 0.05) is 23.8 Å². The highest BCUT2D eigenvalue weighted by molar-refractivity contribution is 5.89. The Morgan fingerprint density at radius 2 is 1.94 bits per heavy atom. The lowest BCUT2D eigenvalue weighted by Gasteiger charge is -2.27. The van der Waals surface area contributed by atoms with Gasteiger partial charge < -0.3 is 10.6 Å². The highest BCUT2D eigenvalue weighted by Gasteiger charge is 2.15. The van der Waals surface area contributed by atoms with Gasteiger partial charge in [-0.1, -0.05) is 19.4 Å². The van der Waals surface area contributed by atoms with Crippen LogP contribution >= 0.6 is 0 Å². The number of anilines is 2. The third-order valence-corrected chi connectivity index (χ3v) is 2.54. The number of benzene rings is 1. The van der Waals surface area contributed by atoms with Crippen LogP contribution < -0.4 is 10.6 Å². The Morgan fingerprint density at radius 3 is 2.53 bits per heavy atom. The number of hydrogen-bond acceptors (Lipinski definition) is 2. The van der Waals surface area contributed by atoms with Crippen molar-refractivity contribution in [2.75, 3.05) is 10.6 Å². The lowest BCUT2D eigenvalue weighted by atomic mass is 9.98. The van der Waals surface area contributed by atoms with E-state index in [0.29, 0.717) is 0 Å². The molecule has 1 amide bonds. The fraction of sp³-hybridized carbons (Fsp3) is 0.500. The molecule has 0 unspecified atom stereocenters. The first-order valence-electron chi connectivity index (χ1n) is 6.09. The van der Waals surface area contributed by atoms with Gasteiger partial charge in [-0.3, -0.25) is 4.79 Å². The maximum absolute atomic E-state index is 11.0. The van der Waals surface area contributed by atoms with Crippen molar-refractivity contribution in [2.24, 2.45) is 0 Å². The number of nitrogens with one attached hydrogen (secondary N) is 2. The van der Waals surface area contributed by atoms with E-state index in [9.17, 15) is 4.79 Å². The van der Waals surface area contributed by atoms with Crippen molar-refractivity contribution in [3.8, 4) is 0 Å². The summed E-state index contributed by atoms with van der Waals surface area (Å²) >= 11 is 0. The van der Waals surface area contributed by atoms with Gasteiger partial charge in [-0.15, -0.1) is 0 Å². The molecule has 94 valence electrons. The molecule has 0 atom stereocenters. The molecule has 3 nitrogen and oxygen atoms in total. The summed E-state index contributed by atoms with van der Waals surface area (Å²) in [6.45, 7) is 8.06. The summed E-state index contributed by atoms with van der Waals surface area (Å²) < 4.78 is 0. The number of amides is 1. The molecular formula is C14H22N2O. The lowest BCUT2D eigenvalue weighted by molar-refractivity contribution is -0.114. The quantitative estimate of drug-likeness (QED) is 0.816. The minimum absolute atomic E-state index is 0.0463. The number of carbonyl (C=O) groups is 1. The van der Waals surface area contributed by atoms with Gasteiger partial charge in [-0.25, -0.2) is 0 Å². The van der Waals surface area contributed by atoms with Crippen LogP contribution in [0, 0.1) is 0 Å². The van der Waals surface area contributed by atoms with Gasteiger partial charge in [0.1, 0.15) is 0 Å². The summed E-state index contributed by atoms with van der Waals surface area (Å²) in [5, 5.41) is 6.27. The zero-order valence-corrected chi connectivity index (χ0v) is 11.1. The zero-order valence-electron chi connectivity index (χ0n) is 11.1. The SMILES string of the molecule is CCCC(C)(C)Nc1cccc(NC(C)=O)c1. The van der Waals surface area contributed by atoms with Crippen LogP contribution in [-0.4, -0.2) is 11.4 Å². The monoisotopic (exact) mass is 234 g/mol. The molecule has 3 heteroatoms. The molecule has 17 heavy (non-hydrogen) atoms. The average molecular weight is 234 g/mol. The molecule has 0 spiro atoms. The minimum atomic E-state index is -0.0463. The van der Waals surface area contributed by atoms with Gasteiger partial charge in [0.2, 0.25) is 5.91 Å². The van der Waals surface area contributed by atoms with E-state index in [-0.39, 0.29) is 11.4 Å². The average Bonchev–Trinajstić information content (AvgIpc) is 2.15. The molecule has 0 aliphatic rings. The van der Waals surface area contributed by atoms with Gasteiger partial charge in [0.15, 0.2) is 0 Å². The largest absolute Gasteiger partial charge is 0.380 e. The molecule has 1 aromatic rings. The predicted octanol–water partition coefficient (Wildman–Crippen LogP) is 3.64. The molecule has 1 aromatic carbocycles. The summed E-state index contributed by atoms with van der Waals surface area (Å²) in [7, 11) is 0.